The van der Waals surface area contributed by atoms with Crippen LogP contribution < -0.4 is 9.47 Å². The van der Waals surface area contributed by atoms with Crippen molar-refractivity contribution >= 4 is 10.0 Å². The molecular weight excluding hydrogens is 545 g/mol. The van der Waals surface area contributed by atoms with Crippen molar-refractivity contribution in [3.8, 4) is 23.1 Å². The molecular formula is C31H34FN3O5S. The first-order chi connectivity index (χ1) is 19.8. The predicted molar refractivity (Wildman–Crippen MR) is 154 cm³/mol. The largest absolute Gasteiger partial charge is 0.497 e. The molecule has 0 amide bonds. The van der Waals surface area contributed by atoms with E-state index in [1.54, 1.807) is 41.1 Å². The van der Waals surface area contributed by atoms with Gasteiger partial charge in [-0.05, 0) is 92.4 Å². The average molecular weight is 580 g/mol. The Labute approximate surface area is 240 Å². The third kappa shape index (κ3) is 6.45. The maximum Gasteiger partial charge on any atom is 0.243 e. The number of sulfonamides is 1. The van der Waals surface area contributed by atoms with Crippen LogP contribution in [0.1, 0.15) is 36.6 Å². The lowest BCUT2D eigenvalue weighted by molar-refractivity contribution is 0.0924. The maximum absolute atomic E-state index is 14.1. The number of ether oxygens (including phenoxy) is 3. The Bertz CT molecular complexity index is 1580. The fraction of sp³-hybridized carbons (Fsp3) is 0.323. The van der Waals surface area contributed by atoms with Crippen molar-refractivity contribution in [1.82, 2.24) is 14.1 Å². The van der Waals surface area contributed by atoms with Crippen molar-refractivity contribution < 1.29 is 27.0 Å². The fourth-order valence-corrected chi connectivity index (χ4v) is 6.35. The van der Waals surface area contributed by atoms with Crippen molar-refractivity contribution in [2.24, 2.45) is 0 Å². The van der Waals surface area contributed by atoms with E-state index in [4.69, 9.17) is 19.3 Å². The van der Waals surface area contributed by atoms with Crippen molar-refractivity contribution in [2.45, 2.75) is 50.7 Å². The van der Waals surface area contributed by atoms with Gasteiger partial charge in [0.05, 0.1) is 35.1 Å². The molecule has 0 radical (unpaired) electrons. The molecule has 1 atom stereocenters. The molecule has 8 nitrogen and oxygen atoms in total. The van der Waals surface area contributed by atoms with Gasteiger partial charge in [-0.25, -0.2) is 17.5 Å². The number of aromatic nitrogens is 2. The van der Waals surface area contributed by atoms with Gasteiger partial charge in [-0.1, -0.05) is 19.1 Å². The Morgan fingerprint density at radius 2 is 1.83 bits per heavy atom. The summed E-state index contributed by atoms with van der Waals surface area (Å²) >= 11 is 0. The van der Waals surface area contributed by atoms with E-state index in [0.717, 1.165) is 18.4 Å². The smallest absolute Gasteiger partial charge is 0.243 e. The van der Waals surface area contributed by atoms with Crippen molar-refractivity contribution in [1.29, 1.82) is 0 Å². The third-order valence-electron chi connectivity index (χ3n) is 7.09. The standard InChI is InChI=1S/C31H34FN3O5S/c1-4-30-29(21-34(20-27-9-6-18-39-27)41(36,37)28-16-14-25(38-3)15-17-28)31(40-26-8-5-7-22(2)19-26)35(33-30)24-12-10-23(32)11-13-24/h5,7-8,10-17,19,27H,4,6,9,18,20-21H2,1-3H3/t27-/m0/s1. The summed E-state index contributed by atoms with van der Waals surface area (Å²) in [5, 5.41) is 4.81. The van der Waals surface area contributed by atoms with Crippen molar-refractivity contribution in [3.05, 3.63) is 95.4 Å². The maximum atomic E-state index is 14.1. The number of methoxy groups -OCH3 is 1. The van der Waals surface area contributed by atoms with E-state index in [1.807, 2.05) is 38.1 Å². The molecule has 0 bridgehead atoms. The summed E-state index contributed by atoms with van der Waals surface area (Å²) in [5.74, 6) is 1.16. The molecule has 1 aromatic heterocycles. The van der Waals surface area contributed by atoms with Gasteiger partial charge in [0.1, 0.15) is 17.3 Å². The predicted octanol–water partition coefficient (Wildman–Crippen LogP) is 6.05. The van der Waals surface area contributed by atoms with E-state index < -0.39 is 10.0 Å². The first kappa shape index (κ1) is 28.8. The zero-order valence-electron chi connectivity index (χ0n) is 23.4. The normalized spacial score (nSPS) is 15.4. The molecule has 41 heavy (non-hydrogen) atoms. The van der Waals surface area contributed by atoms with E-state index in [0.29, 0.717) is 47.4 Å². The molecule has 1 aliphatic heterocycles. The molecule has 1 saturated heterocycles. The van der Waals surface area contributed by atoms with Crippen molar-refractivity contribution in [2.75, 3.05) is 20.3 Å². The molecule has 0 saturated carbocycles. The highest BCUT2D eigenvalue weighted by Gasteiger charge is 2.32. The van der Waals surface area contributed by atoms with Crippen LogP contribution >= 0.6 is 0 Å². The molecule has 3 aromatic carbocycles. The van der Waals surface area contributed by atoms with Gasteiger partial charge in [0.2, 0.25) is 15.9 Å². The van der Waals surface area contributed by atoms with Gasteiger partial charge >= 0.3 is 0 Å². The van der Waals surface area contributed by atoms with E-state index in [1.165, 1.54) is 23.5 Å². The number of aryl methyl sites for hydroxylation is 2. The zero-order valence-corrected chi connectivity index (χ0v) is 24.2. The molecule has 4 aromatic rings. The Balaban J connectivity index is 1.61. The van der Waals surface area contributed by atoms with Crippen LogP contribution in [0.15, 0.2) is 77.7 Å². The summed E-state index contributed by atoms with van der Waals surface area (Å²) in [6.45, 7) is 4.72. The van der Waals surface area contributed by atoms with Gasteiger partial charge in [-0.3, -0.25) is 0 Å². The van der Waals surface area contributed by atoms with Gasteiger partial charge in [0.25, 0.3) is 0 Å². The minimum atomic E-state index is -3.94. The second-order valence-corrected chi connectivity index (χ2v) is 11.9. The third-order valence-corrected chi connectivity index (χ3v) is 8.92. The molecule has 5 rings (SSSR count). The average Bonchev–Trinajstić information content (AvgIpc) is 3.61. The fourth-order valence-electron chi connectivity index (χ4n) is 4.91. The number of nitrogens with zero attached hydrogens (tertiary/aromatic N) is 3. The molecule has 0 unspecified atom stereocenters. The Kier molecular flexibility index (Phi) is 8.72. The van der Waals surface area contributed by atoms with Crippen LogP contribution in [0.25, 0.3) is 5.69 Å². The van der Waals surface area contributed by atoms with Crippen LogP contribution in [-0.4, -0.2) is 48.9 Å². The number of hydrogen-bond donors (Lipinski definition) is 0. The van der Waals surface area contributed by atoms with E-state index >= 15 is 0 Å². The molecule has 0 aliphatic carbocycles. The second kappa shape index (κ2) is 12.4. The lowest BCUT2D eigenvalue weighted by Crippen LogP contribution is -2.37. The first-order valence-electron chi connectivity index (χ1n) is 13.7. The monoisotopic (exact) mass is 579 g/mol. The summed E-state index contributed by atoms with van der Waals surface area (Å²) in [7, 11) is -2.40. The topological polar surface area (TPSA) is 82.9 Å². The van der Waals surface area contributed by atoms with Gasteiger partial charge in [0, 0.05) is 19.7 Å². The van der Waals surface area contributed by atoms with E-state index in [2.05, 4.69) is 0 Å². The molecule has 0 N–H and O–H groups in total. The number of rotatable bonds is 11. The highest BCUT2D eigenvalue weighted by atomic mass is 32.2. The Hall–Kier alpha value is -3.73. The minimum Gasteiger partial charge on any atom is -0.497 e. The van der Waals surface area contributed by atoms with Gasteiger partial charge in [-0.15, -0.1) is 0 Å². The van der Waals surface area contributed by atoms with E-state index in [-0.39, 0.29) is 29.9 Å². The van der Waals surface area contributed by atoms with Gasteiger partial charge in [0.15, 0.2) is 0 Å². The van der Waals surface area contributed by atoms with Crippen LogP contribution in [0.2, 0.25) is 0 Å². The number of benzene rings is 3. The van der Waals surface area contributed by atoms with Crippen molar-refractivity contribution in [3.63, 3.8) is 0 Å². The number of hydrogen-bond acceptors (Lipinski definition) is 6. The van der Waals surface area contributed by atoms with Crippen LogP contribution in [-0.2, 0) is 27.7 Å². The highest BCUT2D eigenvalue weighted by molar-refractivity contribution is 7.89. The quantitative estimate of drug-likeness (QED) is 0.215. The summed E-state index contributed by atoms with van der Waals surface area (Å²) in [4.78, 5) is 0.154. The van der Waals surface area contributed by atoms with Crippen LogP contribution in [0.5, 0.6) is 17.4 Å². The summed E-state index contributed by atoms with van der Waals surface area (Å²) < 4.78 is 62.5. The SMILES string of the molecule is CCc1nn(-c2ccc(F)cc2)c(Oc2cccc(C)c2)c1CN(C[C@@H]1CCCO1)S(=O)(=O)c1ccc(OC)cc1. The number of halogens is 1. The molecule has 1 aliphatic rings. The van der Waals surface area contributed by atoms with Crippen LogP contribution in [0.3, 0.4) is 0 Å². The molecule has 1 fully saturated rings. The van der Waals surface area contributed by atoms with Crippen LogP contribution in [0, 0.1) is 12.7 Å². The lowest BCUT2D eigenvalue weighted by atomic mass is 10.2. The van der Waals surface area contributed by atoms with E-state index in [9.17, 15) is 12.8 Å². The minimum absolute atomic E-state index is 0.0136. The van der Waals surface area contributed by atoms with Gasteiger partial charge in [-0.2, -0.15) is 9.40 Å². The highest BCUT2D eigenvalue weighted by Crippen LogP contribution is 2.34. The Morgan fingerprint density at radius 3 is 2.46 bits per heavy atom. The summed E-state index contributed by atoms with van der Waals surface area (Å²) in [5.41, 5.74) is 2.92. The first-order valence-corrected chi connectivity index (χ1v) is 15.1. The zero-order chi connectivity index (χ0) is 29.0. The molecule has 10 heteroatoms. The summed E-state index contributed by atoms with van der Waals surface area (Å²) in [6, 6.07) is 19.9. The Morgan fingerprint density at radius 1 is 1.07 bits per heavy atom. The molecule has 0 spiro atoms. The van der Waals surface area contributed by atoms with Gasteiger partial charge < -0.3 is 14.2 Å². The molecule has 216 valence electrons. The summed E-state index contributed by atoms with van der Waals surface area (Å²) in [6.07, 6.45) is 1.97. The van der Waals surface area contributed by atoms with Crippen LogP contribution in [0.4, 0.5) is 4.39 Å². The lowest BCUT2D eigenvalue weighted by Gasteiger charge is -2.25. The molecule has 2 heterocycles. The second-order valence-electron chi connectivity index (χ2n) is 10.00.